The average Bonchev–Trinajstić information content (AvgIpc) is 4.03. The number of benzene rings is 9. The van der Waals surface area contributed by atoms with Crippen LogP contribution in [0.2, 0.25) is 0 Å². The van der Waals surface area contributed by atoms with E-state index in [4.69, 9.17) is 0 Å². The lowest BCUT2D eigenvalue weighted by Gasteiger charge is -2.30. The van der Waals surface area contributed by atoms with E-state index in [9.17, 15) is 0 Å². The number of rotatable bonds is 11. The Morgan fingerprint density at radius 1 is 0.529 bits per heavy atom. The van der Waals surface area contributed by atoms with Crippen molar-refractivity contribution in [1.29, 1.82) is 0 Å². The molecular weight excluding hydrogens is 865 g/mol. The first-order chi connectivity index (χ1) is 34.4. The predicted molar refractivity (Wildman–Crippen MR) is 300 cm³/mol. The molecule has 0 spiro atoms. The fourth-order valence-electron chi connectivity index (χ4n) is 11.8. The zero-order valence-corrected chi connectivity index (χ0v) is 40.6. The van der Waals surface area contributed by atoms with Crippen LogP contribution in [-0.2, 0) is 18.3 Å². The molecule has 2 heterocycles. The smallest absolute Gasteiger partial charge is 0.0538 e. The first-order valence-corrected chi connectivity index (χ1v) is 25.8. The topological polar surface area (TPSA) is 8.17 Å². The van der Waals surface area contributed by atoms with Gasteiger partial charge in [-0.05, 0) is 167 Å². The van der Waals surface area contributed by atoms with Crippen molar-refractivity contribution in [3.05, 3.63) is 252 Å². The summed E-state index contributed by atoms with van der Waals surface area (Å²) < 4.78 is 5.21. The molecule has 0 amide bonds. The van der Waals surface area contributed by atoms with E-state index in [0.717, 1.165) is 49.2 Å². The highest BCUT2D eigenvalue weighted by Crippen LogP contribution is 2.51. The Labute approximate surface area is 415 Å². The SMILES string of the molecule is CC1(C)c2ccccc2-c2ccc(N(c3ccccc3)c3cc(-c4ccc5c(c4)c4ccccc4n5C4=CC=CCC4)cc(C(CCc4ccc5sc6ccccc6c5c4)Cc4ccccc4)c3)cc21. The van der Waals surface area contributed by atoms with Crippen LogP contribution in [0.4, 0.5) is 17.1 Å². The Morgan fingerprint density at radius 2 is 1.27 bits per heavy atom. The predicted octanol–water partition coefficient (Wildman–Crippen LogP) is 18.8. The molecule has 0 saturated heterocycles. The number of anilines is 3. The van der Waals surface area contributed by atoms with Crippen LogP contribution >= 0.6 is 11.3 Å². The zero-order chi connectivity index (χ0) is 46.8. The number of aryl methyl sites for hydroxylation is 1. The molecule has 0 radical (unpaired) electrons. The largest absolute Gasteiger partial charge is 0.313 e. The first kappa shape index (κ1) is 42.4. The standard InChI is InChI=1S/C67H54N2S/c1-67(2)61-27-15-12-24-55(61)56-35-34-53(44-62(56)67)68(51-20-8-4-9-21-51)54-41-49(40-50(42-54)48-33-36-64-59(43-48)57-25-13-16-28-63(57)69(64)52-22-10-5-11-23-52)47(38-45-18-6-3-7-19-45)32-30-46-31-37-66-60(39-46)58-26-14-17-29-65(58)70-66/h3-10,12-22,24-29,31,33-37,39-44,47H,11,23,30,32,38H2,1-2H3. The monoisotopic (exact) mass is 918 g/mol. The van der Waals surface area contributed by atoms with Crippen LogP contribution < -0.4 is 4.90 Å². The maximum atomic E-state index is 2.52. The molecule has 1 unspecified atom stereocenters. The lowest BCUT2D eigenvalue weighted by atomic mass is 9.82. The summed E-state index contributed by atoms with van der Waals surface area (Å²) in [5.74, 6) is 0.249. The van der Waals surface area contributed by atoms with Gasteiger partial charge in [-0.2, -0.15) is 0 Å². The van der Waals surface area contributed by atoms with Crippen LogP contribution in [0.5, 0.6) is 0 Å². The van der Waals surface area contributed by atoms with Crippen molar-refractivity contribution in [3.8, 4) is 22.3 Å². The quantitative estimate of drug-likeness (QED) is 0.125. The summed E-state index contributed by atoms with van der Waals surface area (Å²) in [4.78, 5) is 2.51. The van der Waals surface area contributed by atoms with E-state index in [1.807, 2.05) is 11.3 Å². The number of fused-ring (bicyclic) bond motifs is 9. The Bertz CT molecular complexity index is 3850. The van der Waals surface area contributed by atoms with Crippen molar-refractivity contribution in [3.63, 3.8) is 0 Å². The molecule has 0 fully saturated rings. The maximum absolute atomic E-state index is 2.52. The molecule has 1 atom stereocenters. The average molecular weight is 919 g/mol. The molecule has 11 aromatic rings. The molecule has 0 aliphatic heterocycles. The molecule has 338 valence electrons. The first-order valence-electron chi connectivity index (χ1n) is 25.0. The van der Waals surface area contributed by atoms with E-state index in [0.29, 0.717) is 0 Å². The van der Waals surface area contributed by atoms with Crippen LogP contribution in [0.1, 0.15) is 66.8 Å². The van der Waals surface area contributed by atoms with Crippen LogP contribution in [0, 0.1) is 0 Å². The van der Waals surface area contributed by atoms with E-state index >= 15 is 0 Å². The van der Waals surface area contributed by atoms with Crippen molar-refractivity contribution in [2.75, 3.05) is 4.90 Å². The van der Waals surface area contributed by atoms with Gasteiger partial charge < -0.3 is 9.47 Å². The fraction of sp³-hybridized carbons (Fsp3) is 0.134. The number of allylic oxidation sites excluding steroid dienone is 4. The summed E-state index contributed by atoms with van der Waals surface area (Å²) in [7, 11) is 0. The van der Waals surface area contributed by atoms with Crippen molar-refractivity contribution in [2.45, 2.75) is 57.3 Å². The van der Waals surface area contributed by atoms with Gasteiger partial charge in [-0.15, -0.1) is 11.3 Å². The minimum absolute atomic E-state index is 0.130. The number of thiophene rings is 1. The Morgan fingerprint density at radius 3 is 2.13 bits per heavy atom. The third-order valence-corrected chi connectivity index (χ3v) is 16.5. The van der Waals surface area contributed by atoms with E-state index in [-0.39, 0.29) is 11.3 Å². The summed E-state index contributed by atoms with van der Waals surface area (Å²) in [5, 5.41) is 5.30. The third kappa shape index (κ3) is 7.39. The van der Waals surface area contributed by atoms with Crippen molar-refractivity contribution >= 4 is 76.1 Å². The molecule has 0 bridgehead atoms. The summed E-state index contributed by atoms with van der Waals surface area (Å²) in [5.41, 5.74) is 19.2. The lowest BCUT2D eigenvalue weighted by molar-refractivity contribution is 0.621. The summed E-state index contributed by atoms with van der Waals surface area (Å²) in [6, 6.07) is 78.0. The molecule has 3 heteroatoms. The highest BCUT2D eigenvalue weighted by Gasteiger charge is 2.36. The molecule has 0 N–H and O–H groups in total. The van der Waals surface area contributed by atoms with Crippen LogP contribution in [-0.4, -0.2) is 4.57 Å². The van der Waals surface area contributed by atoms with Gasteiger partial charge in [0.05, 0.1) is 11.0 Å². The normalized spacial score (nSPS) is 14.3. The van der Waals surface area contributed by atoms with Gasteiger partial charge in [-0.25, -0.2) is 0 Å². The highest BCUT2D eigenvalue weighted by molar-refractivity contribution is 7.25. The van der Waals surface area contributed by atoms with Crippen LogP contribution in [0.25, 0.3) is 69.9 Å². The maximum Gasteiger partial charge on any atom is 0.0538 e. The molecule has 2 aliphatic carbocycles. The molecule has 2 nitrogen and oxygen atoms in total. The number of nitrogens with zero attached hydrogens (tertiary/aromatic N) is 2. The highest BCUT2D eigenvalue weighted by atomic mass is 32.1. The Hall–Kier alpha value is -7.72. The fourth-order valence-corrected chi connectivity index (χ4v) is 12.9. The van der Waals surface area contributed by atoms with Gasteiger partial charge in [0.2, 0.25) is 0 Å². The molecule has 0 saturated carbocycles. The van der Waals surface area contributed by atoms with Gasteiger partial charge in [0.25, 0.3) is 0 Å². The van der Waals surface area contributed by atoms with E-state index in [1.54, 1.807) is 0 Å². The van der Waals surface area contributed by atoms with Crippen LogP contribution in [0.15, 0.2) is 224 Å². The van der Waals surface area contributed by atoms with Crippen molar-refractivity contribution < 1.29 is 0 Å². The minimum Gasteiger partial charge on any atom is -0.313 e. The number of hydrogen-bond donors (Lipinski definition) is 0. The Balaban J connectivity index is 0.996. The van der Waals surface area contributed by atoms with Crippen LogP contribution in [0.3, 0.4) is 0 Å². The van der Waals surface area contributed by atoms with Gasteiger partial charge in [0.15, 0.2) is 0 Å². The third-order valence-electron chi connectivity index (χ3n) is 15.3. The van der Waals surface area contributed by atoms with Crippen molar-refractivity contribution in [2.24, 2.45) is 0 Å². The van der Waals surface area contributed by atoms with Gasteiger partial charge in [0, 0.05) is 59.1 Å². The van der Waals surface area contributed by atoms with Gasteiger partial charge in [-0.3, -0.25) is 0 Å². The van der Waals surface area contributed by atoms with E-state index in [1.165, 1.54) is 97.7 Å². The van der Waals surface area contributed by atoms with E-state index in [2.05, 4.69) is 248 Å². The van der Waals surface area contributed by atoms with Gasteiger partial charge >= 0.3 is 0 Å². The summed E-state index contributed by atoms with van der Waals surface area (Å²) >= 11 is 1.89. The summed E-state index contributed by atoms with van der Waals surface area (Å²) in [6.07, 6.45) is 11.8. The second kappa shape index (κ2) is 17.4. The molecule has 2 aliphatic rings. The molecule has 9 aromatic carbocycles. The summed E-state index contributed by atoms with van der Waals surface area (Å²) in [6.45, 7) is 4.77. The van der Waals surface area contributed by atoms with Crippen molar-refractivity contribution in [1.82, 2.24) is 4.57 Å². The minimum atomic E-state index is -0.130. The van der Waals surface area contributed by atoms with Gasteiger partial charge in [-0.1, -0.05) is 159 Å². The van der Waals surface area contributed by atoms with E-state index < -0.39 is 0 Å². The second-order valence-corrected chi connectivity index (χ2v) is 21.0. The zero-order valence-electron chi connectivity index (χ0n) is 39.8. The molecule has 70 heavy (non-hydrogen) atoms. The molecular formula is C67H54N2S. The van der Waals surface area contributed by atoms with Gasteiger partial charge in [0.1, 0.15) is 0 Å². The number of aromatic nitrogens is 1. The molecule has 13 rings (SSSR count). The molecule has 2 aromatic heterocycles. The second-order valence-electron chi connectivity index (χ2n) is 19.9. The Kier molecular flexibility index (Phi) is 10.5. The number of para-hydroxylation sites is 2. The lowest BCUT2D eigenvalue weighted by Crippen LogP contribution is -2.17. The number of hydrogen-bond acceptors (Lipinski definition) is 2.